The van der Waals surface area contributed by atoms with Gasteiger partial charge in [-0.2, -0.15) is 0 Å². The fraction of sp³-hybridized carbons (Fsp3) is 0.208. The topological polar surface area (TPSA) is 56.8 Å². The summed E-state index contributed by atoms with van der Waals surface area (Å²) < 4.78 is 30.1. The SMILES string of the molecule is COc1ccc([C@@H](C)NC(=O)c2ccc(OCc3ccccc3)c(OC)c2)cc1F. The molecule has 156 valence electrons. The second kappa shape index (κ2) is 9.78. The van der Waals surface area contributed by atoms with Gasteiger partial charge in [-0.1, -0.05) is 36.4 Å². The summed E-state index contributed by atoms with van der Waals surface area (Å²) in [5, 5.41) is 2.86. The summed E-state index contributed by atoms with van der Waals surface area (Å²) >= 11 is 0. The molecule has 0 saturated heterocycles. The lowest BCUT2D eigenvalue weighted by Gasteiger charge is -2.16. The quantitative estimate of drug-likeness (QED) is 0.574. The lowest BCUT2D eigenvalue weighted by molar-refractivity contribution is 0.0939. The lowest BCUT2D eigenvalue weighted by atomic mass is 10.1. The van der Waals surface area contributed by atoms with Crippen LogP contribution in [0.1, 0.15) is 34.5 Å². The molecule has 0 saturated carbocycles. The van der Waals surface area contributed by atoms with Crippen LogP contribution in [0.3, 0.4) is 0 Å². The second-order valence-corrected chi connectivity index (χ2v) is 6.73. The van der Waals surface area contributed by atoms with Gasteiger partial charge < -0.3 is 19.5 Å². The fourth-order valence-electron chi connectivity index (χ4n) is 2.98. The van der Waals surface area contributed by atoms with Crippen LogP contribution in [0.4, 0.5) is 4.39 Å². The first kappa shape index (κ1) is 21.2. The number of hydrogen-bond donors (Lipinski definition) is 1. The van der Waals surface area contributed by atoms with E-state index in [4.69, 9.17) is 14.2 Å². The third-order valence-electron chi connectivity index (χ3n) is 4.69. The summed E-state index contributed by atoms with van der Waals surface area (Å²) in [4.78, 5) is 12.7. The van der Waals surface area contributed by atoms with Crippen LogP contribution in [0.5, 0.6) is 17.2 Å². The number of benzene rings is 3. The molecule has 30 heavy (non-hydrogen) atoms. The molecule has 1 amide bonds. The van der Waals surface area contributed by atoms with Crippen LogP contribution in [0.15, 0.2) is 66.7 Å². The van der Waals surface area contributed by atoms with Crippen LogP contribution in [-0.2, 0) is 6.61 Å². The van der Waals surface area contributed by atoms with Crippen molar-refractivity contribution in [2.24, 2.45) is 0 Å². The van der Waals surface area contributed by atoms with E-state index in [-0.39, 0.29) is 11.7 Å². The minimum Gasteiger partial charge on any atom is -0.494 e. The summed E-state index contributed by atoms with van der Waals surface area (Å²) in [5.74, 6) is 0.391. The third kappa shape index (κ3) is 5.08. The Kier molecular flexibility index (Phi) is 6.91. The van der Waals surface area contributed by atoms with Crippen molar-refractivity contribution < 1.29 is 23.4 Å². The van der Waals surface area contributed by atoms with Gasteiger partial charge in [0.1, 0.15) is 6.61 Å². The zero-order valence-corrected chi connectivity index (χ0v) is 17.1. The predicted molar refractivity (Wildman–Crippen MR) is 113 cm³/mol. The van der Waals surface area contributed by atoms with E-state index in [1.165, 1.54) is 26.4 Å². The van der Waals surface area contributed by atoms with Crippen molar-refractivity contribution >= 4 is 5.91 Å². The first-order chi connectivity index (χ1) is 14.5. The largest absolute Gasteiger partial charge is 0.494 e. The van der Waals surface area contributed by atoms with Crippen LogP contribution in [0.25, 0.3) is 0 Å². The smallest absolute Gasteiger partial charge is 0.251 e. The van der Waals surface area contributed by atoms with Crippen LogP contribution in [0, 0.1) is 5.82 Å². The summed E-state index contributed by atoms with van der Waals surface area (Å²) in [6.07, 6.45) is 0. The van der Waals surface area contributed by atoms with Crippen LogP contribution in [-0.4, -0.2) is 20.1 Å². The van der Waals surface area contributed by atoms with Crippen molar-refractivity contribution in [1.29, 1.82) is 0 Å². The highest BCUT2D eigenvalue weighted by molar-refractivity contribution is 5.95. The van der Waals surface area contributed by atoms with Gasteiger partial charge in [0, 0.05) is 5.56 Å². The molecule has 1 N–H and O–H groups in total. The van der Waals surface area contributed by atoms with Gasteiger partial charge in [0.05, 0.1) is 20.3 Å². The molecule has 0 aromatic heterocycles. The number of halogens is 1. The monoisotopic (exact) mass is 409 g/mol. The van der Waals surface area contributed by atoms with Gasteiger partial charge in [0.2, 0.25) is 0 Å². The Hall–Kier alpha value is -3.54. The van der Waals surface area contributed by atoms with Crippen molar-refractivity contribution in [3.63, 3.8) is 0 Å². The number of carbonyl (C=O) groups excluding carboxylic acids is 1. The standard InChI is InChI=1S/C24H24FNO4/c1-16(18-9-11-21(28-2)20(25)13-18)26-24(27)19-10-12-22(23(14-19)29-3)30-15-17-7-5-4-6-8-17/h4-14,16H,15H2,1-3H3,(H,26,27)/t16-/m1/s1. The summed E-state index contributed by atoms with van der Waals surface area (Å²) in [7, 11) is 2.93. The molecule has 0 heterocycles. The van der Waals surface area contributed by atoms with E-state index in [0.717, 1.165) is 5.56 Å². The maximum Gasteiger partial charge on any atom is 0.251 e. The summed E-state index contributed by atoms with van der Waals surface area (Å²) in [6, 6.07) is 19.0. The average Bonchev–Trinajstić information content (AvgIpc) is 2.78. The number of rotatable bonds is 8. The molecule has 0 fully saturated rings. The molecular formula is C24H24FNO4. The molecule has 3 aromatic carbocycles. The number of methoxy groups -OCH3 is 2. The number of amides is 1. The maximum atomic E-state index is 13.9. The van der Waals surface area contributed by atoms with Crippen molar-refractivity contribution in [1.82, 2.24) is 5.32 Å². The van der Waals surface area contributed by atoms with E-state index < -0.39 is 11.9 Å². The Morgan fingerprint density at radius 3 is 2.30 bits per heavy atom. The average molecular weight is 409 g/mol. The molecule has 0 aliphatic rings. The first-order valence-electron chi connectivity index (χ1n) is 9.51. The zero-order chi connectivity index (χ0) is 21.5. The molecule has 0 aliphatic carbocycles. The van der Waals surface area contributed by atoms with E-state index >= 15 is 0 Å². The highest BCUT2D eigenvalue weighted by atomic mass is 19.1. The summed E-state index contributed by atoms with van der Waals surface area (Å²) in [5.41, 5.74) is 2.08. The Morgan fingerprint density at radius 2 is 1.63 bits per heavy atom. The minimum absolute atomic E-state index is 0.160. The van der Waals surface area contributed by atoms with Gasteiger partial charge >= 0.3 is 0 Å². The second-order valence-electron chi connectivity index (χ2n) is 6.73. The molecule has 0 radical (unpaired) electrons. The Labute approximate surface area is 175 Å². The van der Waals surface area contributed by atoms with Gasteiger partial charge in [-0.05, 0) is 48.4 Å². The van der Waals surface area contributed by atoms with Crippen LogP contribution < -0.4 is 19.5 Å². The molecular weight excluding hydrogens is 385 g/mol. The normalized spacial score (nSPS) is 11.5. The zero-order valence-electron chi connectivity index (χ0n) is 17.1. The van der Waals surface area contributed by atoms with E-state index in [1.807, 2.05) is 30.3 Å². The molecule has 0 unspecified atom stereocenters. The highest BCUT2D eigenvalue weighted by Crippen LogP contribution is 2.29. The number of carbonyl (C=O) groups is 1. The highest BCUT2D eigenvalue weighted by Gasteiger charge is 2.16. The van der Waals surface area contributed by atoms with Gasteiger partial charge in [0.15, 0.2) is 23.1 Å². The van der Waals surface area contributed by atoms with Crippen molar-refractivity contribution in [2.75, 3.05) is 14.2 Å². The predicted octanol–water partition coefficient (Wildman–Crippen LogP) is 4.91. The van der Waals surface area contributed by atoms with Crippen LogP contribution in [0.2, 0.25) is 0 Å². The Balaban J connectivity index is 1.69. The number of hydrogen-bond acceptors (Lipinski definition) is 4. The van der Waals surface area contributed by atoms with Crippen molar-refractivity contribution in [3.8, 4) is 17.2 Å². The molecule has 5 nitrogen and oxygen atoms in total. The van der Waals surface area contributed by atoms with Gasteiger partial charge in [0.25, 0.3) is 5.91 Å². The molecule has 1 atom stereocenters. The van der Waals surface area contributed by atoms with E-state index in [2.05, 4.69) is 5.32 Å². The molecule has 6 heteroatoms. The molecule has 0 aliphatic heterocycles. The lowest BCUT2D eigenvalue weighted by Crippen LogP contribution is -2.26. The van der Waals surface area contributed by atoms with Crippen molar-refractivity contribution in [2.45, 2.75) is 19.6 Å². The van der Waals surface area contributed by atoms with Gasteiger partial charge in [-0.15, -0.1) is 0 Å². The Morgan fingerprint density at radius 1 is 0.933 bits per heavy atom. The molecule has 3 rings (SSSR count). The van der Waals surface area contributed by atoms with E-state index in [1.54, 1.807) is 31.2 Å². The first-order valence-corrected chi connectivity index (χ1v) is 9.51. The van der Waals surface area contributed by atoms with Crippen LogP contribution >= 0.6 is 0 Å². The molecule has 0 spiro atoms. The maximum absolute atomic E-state index is 13.9. The third-order valence-corrected chi connectivity index (χ3v) is 4.69. The van der Waals surface area contributed by atoms with E-state index in [9.17, 15) is 9.18 Å². The van der Waals surface area contributed by atoms with E-state index in [0.29, 0.717) is 29.2 Å². The number of nitrogens with one attached hydrogen (secondary N) is 1. The molecule has 3 aromatic rings. The van der Waals surface area contributed by atoms with Gasteiger partial charge in [-0.3, -0.25) is 4.79 Å². The Bertz CT molecular complexity index is 1010. The fourth-order valence-corrected chi connectivity index (χ4v) is 2.98. The molecule has 0 bridgehead atoms. The van der Waals surface area contributed by atoms with Crippen molar-refractivity contribution in [3.05, 3.63) is 89.2 Å². The number of ether oxygens (including phenoxy) is 3. The minimum atomic E-state index is -0.474. The van der Waals surface area contributed by atoms with Gasteiger partial charge in [-0.25, -0.2) is 4.39 Å². The summed E-state index contributed by atoms with van der Waals surface area (Å²) in [6.45, 7) is 2.18.